The van der Waals surface area contributed by atoms with Crippen molar-refractivity contribution < 1.29 is 4.74 Å². The van der Waals surface area contributed by atoms with Crippen LogP contribution in [0.25, 0.3) is 11.4 Å². The molecular weight excluding hydrogens is 238 g/mol. The van der Waals surface area contributed by atoms with Crippen LogP contribution in [0.2, 0.25) is 0 Å². The first-order chi connectivity index (χ1) is 8.84. The summed E-state index contributed by atoms with van der Waals surface area (Å²) >= 11 is 0. The van der Waals surface area contributed by atoms with Crippen LogP contribution in [0, 0.1) is 13.8 Å². The van der Waals surface area contributed by atoms with Crippen molar-refractivity contribution in [2.45, 2.75) is 40.2 Å². The van der Waals surface area contributed by atoms with Gasteiger partial charge in [0.25, 0.3) is 0 Å². The molecule has 4 heteroatoms. The quantitative estimate of drug-likeness (QED) is 0.830. The first-order valence-corrected chi connectivity index (χ1v) is 6.42. The minimum absolute atomic E-state index is 0.121. The molecule has 2 rings (SSSR count). The second kappa shape index (κ2) is 4.68. The fraction of sp³-hybridized carbons (Fsp3) is 0.467. The smallest absolute Gasteiger partial charge is 0.162 e. The van der Waals surface area contributed by atoms with Crippen LogP contribution in [0.3, 0.4) is 0 Å². The number of benzene rings is 1. The Labute approximate surface area is 114 Å². The van der Waals surface area contributed by atoms with Gasteiger partial charge in [-0.05, 0) is 46.2 Å². The molecule has 1 heterocycles. The van der Waals surface area contributed by atoms with Gasteiger partial charge in [-0.3, -0.25) is 0 Å². The Bertz CT molecular complexity index is 594. The summed E-state index contributed by atoms with van der Waals surface area (Å²) in [4.78, 5) is 4.59. The highest BCUT2D eigenvalue weighted by atomic mass is 16.5. The second-order valence-electron chi connectivity index (χ2n) is 5.72. The van der Waals surface area contributed by atoms with Gasteiger partial charge >= 0.3 is 0 Å². The first-order valence-electron chi connectivity index (χ1n) is 6.42. The van der Waals surface area contributed by atoms with E-state index in [1.54, 1.807) is 7.11 Å². The van der Waals surface area contributed by atoms with Crippen LogP contribution in [0.5, 0.6) is 5.75 Å². The molecule has 0 fully saturated rings. The van der Waals surface area contributed by atoms with Crippen LogP contribution in [0.4, 0.5) is 0 Å². The number of hydrogen-bond donors (Lipinski definition) is 0. The van der Waals surface area contributed by atoms with Crippen molar-refractivity contribution in [1.29, 1.82) is 0 Å². The Balaban J connectivity index is 2.73. The average molecular weight is 259 g/mol. The molecule has 1 aromatic heterocycles. The summed E-state index contributed by atoms with van der Waals surface area (Å²) in [5.74, 6) is 2.47. The molecule has 0 amide bonds. The van der Waals surface area contributed by atoms with Gasteiger partial charge in [-0.2, -0.15) is 5.10 Å². The minimum atomic E-state index is -0.121. The zero-order valence-corrected chi connectivity index (χ0v) is 12.5. The van der Waals surface area contributed by atoms with Crippen molar-refractivity contribution in [3.8, 4) is 17.1 Å². The molecule has 0 N–H and O–H groups in total. The molecule has 0 radical (unpaired) electrons. The van der Waals surface area contributed by atoms with Crippen molar-refractivity contribution >= 4 is 0 Å². The molecule has 0 aliphatic heterocycles. The summed E-state index contributed by atoms with van der Waals surface area (Å²) in [5, 5.41) is 4.52. The van der Waals surface area contributed by atoms with E-state index in [-0.39, 0.29) is 5.54 Å². The van der Waals surface area contributed by atoms with Gasteiger partial charge in [0.2, 0.25) is 0 Å². The Morgan fingerprint density at radius 1 is 1.16 bits per heavy atom. The maximum Gasteiger partial charge on any atom is 0.162 e. The van der Waals surface area contributed by atoms with E-state index in [2.05, 4.69) is 43.8 Å². The summed E-state index contributed by atoms with van der Waals surface area (Å²) in [6.45, 7) is 10.3. The topological polar surface area (TPSA) is 39.9 Å². The molecule has 102 valence electrons. The second-order valence-corrected chi connectivity index (χ2v) is 5.72. The molecule has 0 atom stereocenters. The number of aryl methyl sites for hydroxylation is 2. The van der Waals surface area contributed by atoms with Gasteiger partial charge in [0.15, 0.2) is 5.82 Å². The highest BCUT2D eigenvalue weighted by Crippen LogP contribution is 2.34. The fourth-order valence-corrected chi connectivity index (χ4v) is 2.14. The molecule has 4 nitrogen and oxygen atoms in total. The van der Waals surface area contributed by atoms with Crippen LogP contribution < -0.4 is 4.74 Å². The minimum Gasteiger partial charge on any atom is -0.496 e. The Morgan fingerprint density at radius 2 is 1.84 bits per heavy atom. The Morgan fingerprint density at radius 3 is 2.42 bits per heavy atom. The van der Waals surface area contributed by atoms with Gasteiger partial charge in [-0.25, -0.2) is 9.67 Å². The lowest BCUT2D eigenvalue weighted by Crippen LogP contribution is -2.24. The third-order valence-electron chi connectivity index (χ3n) is 3.03. The third-order valence-corrected chi connectivity index (χ3v) is 3.03. The number of aromatic nitrogens is 3. The standard InChI is InChI=1S/C15H21N3O/c1-10-8-7-9-12(19-6)13(10)14-16-11(2)17-18(14)15(3,4)5/h7-9H,1-6H3. The molecule has 0 aliphatic carbocycles. The summed E-state index contributed by atoms with van der Waals surface area (Å²) in [6, 6.07) is 6.01. The van der Waals surface area contributed by atoms with Gasteiger partial charge in [-0.1, -0.05) is 12.1 Å². The van der Waals surface area contributed by atoms with Crippen molar-refractivity contribution in [3.63, 3.8) is 0 Å². The van der Waals surface area contributed by atoms with Crippen LogP contribution in [-0.4, -0.2) is 21.9 Å². The zero-order chi connectivity index (χ0) is 14.2. The van der Waals surface area contributed by atoms with Crippen LogP contribution >= 0.6 is 0 Å². The van der Waals surface area contributed by atoms with Gasteiger partial charge in [0.05, 0.1) is 18.2 Å². The lowest BCUT2D eigenvalue weighted by molar-refractivity contribution is 0.356. The van der Waals surface area contributed by atoms with Crippen molar-refractivity contribution in [2.75, 3.05) is 7.11 Å². The molecule has 0 aliphatic rings. The summed E-state index contributed by atoms with van der Waals surface area (Å²) in [6.07, 6.45) is 0. The monoisotopic (exact) mass is 259 g/mol. The van der Waals surface area contributed by atoms with E-state index in [0.29, 0.717) is 0 Å². The van der Waals surface area contributed by atoms with Gasteiger partial charge in [-0.15, -0.1) is 0 Å². The van der Waals surface area contributed by atoms with E-state index in [4.69, 9.17) is 4.74 Å². The van der Waals surface area contributed by atoms with E-state index in [1.165, 1.54) is 0 Å². The Hall–Kier alpha value is -1.84. The molecule has 0 spiro atoms. The largest absolute Gasteiger partial charge is 0.496 e. The molecule has 0 unspecified atom stereocenters. The number of hydrogen-bond acceptors (Lipinski definition) is 3. The predicted molar refractivity (Wildman–Crippen MR) is 76.5 cm³/mol. The summed E-state index contributed by atoms with van der Waals surface area (Å²) < 4.78 is 7.44. The SMILES string of the molecule is COc1cccc(C)c1-c1nc(C)nn1C(C)(C)C. The van der Waals surface area contributed by atoms with Crippen LogP contribution in [-0.2, 0) is 5.54 Å². The van der Waals surface area contributed by atoms with E-state index >= 15 is 0 Å². The molecule has 19 heavy (non-hydrogen) atoms. The molecule has 2 aromatic rings. The number of rotatable bonds is 2. The number of methoxy groups -OCH3 is 1. The zero-order valence-electron chi connectivity index (χ0n) is 12.5. The normalized spacial score (nSPS) is 11.7. The lowest BCUT2D eigenvalue weighted by atomic mass is 10.0. The van der Waals surface area contributed by atoms with Crippen LogP contribution in [0.1, 0.15) is 32.2 Å². The maximum atomic E-state index is 5.48. The average Bonchev–Trinajstić information content (AvgIpc) is 2.70. The molecular formula is C15H21N3O. The first kappa shape index (κ1) is 13.6. The predicted octanol–water partition coefficient (Wildman–Crippen LogP) is 3.33. The van der Waals surface area contributed by atoms with Gasteiger partial charge < -0.3 is 4.74 Å². The van der Waals surface area contributed by atoms with Gasteiger partial charge in [0, 0.05) is 0 Å². The number of nitrogens with zero attached hydrogens (tertiary/aromatic N) is 3. The van der Waals surface area contributed by atoms with Crippen molar-refractivity contribution in [2.24, 2.45) is 0 Å². The Kier molecular flexibility index (Phi) is 3.35. The van der Waals surface area contributed by atoms with Crippen LogP contribution in [0.15, 0.2) is 18.2 Å². The molecule has 0 saturated carbocycles. The maximum absolute atomic E-state index is 5.48. The molecule has 1 aromatic carbocycles. The van der Waals surface area contributed by atoms with Crippen molar-refractivity contribution in [1.82, 2.24) is 14.8 Å². The highest BCUT2D eigenvalue weighted by Gasteiger charge is 2.23. The molecule has 0 bridgehead atoms. The van der Waals surface area contributed by atoms with Gasteiger partial charge in [0.1, 0.15) is 11.6 Å². The number of ether oxygens (including phenoxy) is 1. The fourth-order valence-electron chi connectivity index (χ4n) is 2.14. The summed E-state index contributed by atoms with van der Waals surface area (Å²) in [7, 11) is 1.68. The highest BCUT2D eigenvalue weighted by molar-refractivity contribution is 5.68. The van der Waals surface area contributed by atoms with E-state index in [1.807, 2.05) is 23.7 Å². The third kappa shape index (κ3) is 2.48. The summed E-state index contributed by atoms with van der Waals surface area (Å²) in [5.41, 5.74) is 2.03. The van der Waals surface area contributed by atoms with E-state index < -0.39 is 0 Å². The van der Waals surface area contributed by atoms with E-state index in [9.17, 15) is 0 Å². The molecule has 0 saturated heterocycles. The lowest BCUT2D eigenvalue weighted by Gasteiger charge is -2.22. The van der Waals surface area contributed by atoms with E-state index in [0.717, 1.165) is 28.5 Å². The van der Waals surface area contributed by atoms with Crippen molar-refractivity contribution in [3.05, 3.63) is 29.6 Å².